The second-order valence-electron chi connectivity index (χ2n) is 5.26. The van der Waals surface area contributed by atoms with Crippen molar-refractivity contribution in [1.29, 1.82) is 0 Å². The Labute approximate surface area is 117 Å². The summed E-state index contributed by atoms with van der Waals surface area (Å²) in [7, 11) is 0. The van der Waals surface area contributed by atoms with E-state index in [0.29, 0.717) is 19.5 Å². The van der Waals surface area contributed by atoms with Crippen molar-refractivity contribution in [3.8, 4) is 0 Å². The molecular formula is C13H22F3N3O. The Kier molecular flexibility index (Phi) is 5.86. The van der Waals surface area contributed by atoms with E-state index in [1.165, 1.54) is 4.90 Å². The van der Waals surface area contributed by atoms with Crippen LogP contribution in [0.4, 0.5) is 18.0 Å². The summed E-state index contributed by atoms with van der Waals surface area (Å²) >= 11 is 0. The first-order valence-electron chi connectivity index (χ1n) is 6.70. The molecule has 7 heteroatoms. The van der Waals surface area contributed by atoms with Crippen LogP contribution in [0.15, 0.2) is 12.7 Å². The Morgan fingerprint density at radius 2 is 2.15 bits per heavy atom. The van der Waals surface area contributed by atoms with E-state index in [9.17, 15) is 18.0 Å². The van der Waals surface area contributed by atoms with Crippen molar-refractivity contribution in [2.45, 2.75) is 38.5 Å². The van der Waals surface area contributed by atoms with Crippen molar-refractivity contribution in [1.82, 2.24) is 15.1 Å². The lowest BCUT2D eigenvalue weighted by Crippen LogP contribution is -2.58. The molecule has 1 fully saturated rings. The fourth-order valence-electron chi connectivity index (χ4n) is 2.26. The predicted molar refractivity (Wildman–Crippen MR) is 71.5 cm³/mol. The van der Waals surface area contributed by atoms with Crippen LogP contribution in [0.1, 0.15) is 20.3 Å². The Morgan fingerprint density at radius 3 is 2.65 bits per heavy atom. The molecule has 0 bridgehead atoms. The molecule has 0 radical (unpaired) electrons. The summed E-state index contributed by atoms with van der Waals surface area (Å²) in [4.78, 5) is 14.9. The van der Waals surface area contributed by atoms with Crippen molar-refractivity contribution in [3.05, 3.63) is 12.7 Å². The number of nitrogens with one attached hydrogen (secondary N) is 1. The number of amides is 2. The minimum absolute atomic E-state index is 0.0245. The molecule has 0 aliphatic carbocycles. The highest BCUT2D eigenvalue weighted by Gasteiger charge is 2.35. The summed E-state index contributed by atoms with van der Waals surface area (Å²) in [6.07, 6.45) is -1.82. The SMILES string of the molecule is C=CC[C@H](C)NC(=O)N1CCN(CC(F)(F)F)[C@@H](C)C1. The maximum Gasteiger partial charge on any atom is 0.401 e. The van der Waals surface area contributed by atoms with Crippen LogP contribution < -0.4 is 5.32 Å². The van der Waals surface area contributed by atoms with Gasteiger partial charge in [0.1, 0.15) is 0 Å². The van der Waals surface area contributed by atoms with Gasteiger partial charge in [0, 0.05) is 31.7 Å². The van der Waals surface area contributed by atoms with Gasteiger partial charge in [-0.2, -0.15) is 13.2 Å². The molecule has 4 nitrogen and oxygen atoms in total. The summed E-state index contributed by atoms with van der Waals surface area (Å²) in [5, 5.41) is 2.81. The lowest BCUT2D eigenvalue weighted by molar-refractivity contribution is -0.153. The van der Waals surface area contributed by atoms with Crippen LogP contribution in [0.2, 0.25) is 0 Å². The van der Waals surface area contributed by atoms with Crippen LogP contribution in [0.25, 0.3) is 0 Å². The van der Waals surface area contributed by atoms with E-state index in [2.05, 4.69) is 11.9 Å². The fourth-order valence-corrected chi connectivity index (χ4v) is 2.26. The standard InChI is InChI=1S/C13H22F3N3O/c1-4-5-10(2)17-12(20)18-6-7-19(11(3)8-18)9-13(14,15)16/h4,10-11H,1,5-9H2,2-3H3,(H,17,20)/t10-,11-/m0/s1. The summed E-state index contributed by atoms with van der Waals surface area (Å²) in [6.45, 7) is 7.11. The highest BCUT2D eigenvalue weighted by atomic mass is 19.4. The van der Waals surface area contributed by atoms with Gasteiger partial charge in [0.2, 0.25) is 0 Å². The number of nitrogens with zero attached hydrogens (tertiary/aromatic N) is 2. The number of piperazine rings is 1. The van der Waals surface area contributed by atoms with Gasteiger partial charge in [-0.05, 0) is 20.3 Å². The summed E-state index contributed by atoms with van der Waals surface area (Å²) in [5.41, 5.74) is 0. The van der Waals surface area contributed by atoms with Crippen LogP contribution in [-0.4, -0.2) is 60.3 Å². The maximum atomic E-state index is 12.4. The predicted octanol–water partition coefficient (Wildman–Crippen LogP) is 2.23. The van der Waals surface area contributed by atoms with Gasteiger partial charge < -0.3 is 10.2 Å². The average molecular weight is 293 g/mol. The Bertz CT molecular complexity index is 346. The lowest BCUT2D eigenvalue weighted by Gasteiger charge is -2.40. The van der Waals surface area contributed by atoms with E-state index >= 15 is 0 Å². The molecule has 1 aliphatic rings. The fraction of sp³-hybridized carbons (Fsp3) is 0.769. The van der Waals surface area contributed by atoms with E-state index in [1.807, 2.05) is 6.92 Å². The minimum Gasteiger partial charge on any atom is -0.335 e. The van der Waals surface area contributed by atoms with Crippen molar-refractivity contribution >= 4 is 6.03 Å². The van der Waals surface area contributed by atoms with Gasteiger partial charge in [0.25, 0.3) is 0 Å². The molecule has 0 aromatic rings. The van der Waals surface area contributed by atoms with Gasteiger partial charge in [-0.15, -0.1) is 6.58 Å². The Hall–Kier alpha value is -1.24. The molecule has 1 rings (SSSR count). The van der Waals surface area contributed by atoms with E-state index < -0.39 is 12.7 Å². The first kappa shape index (κ1) is 16.8. The molecule has 0 saturated carbocycles. The molecule has 1 aliphatic heterocycles. The molecule has 0 aromatic carbocycles. The summed E-state index contributed by atoms with van der Waals surface area (Å²) in [5.74, 6) is 0. The number of alkyl halides is 3. The largest absolute Gasteiger partial charge is 0.401 e. The summed E-state index contributed by atoms with van der Waals surface area (Å²) < 4.78 is 37.1. The molecule has 0 spiro atoms. The molecule has 116 valence electrons. The van der Waals surface area contributed by atoms with Gasteiger partial charge >= 0.3 is 12.2 Å². The second-order valence-corrected chi connectivity index (χ2v) is 5.26. The van der Waals surface area contributed by atoms with Gasteiger partial charge in [-0.3, -0.25) is 4.90 Å². The van der Waals surface area contributed by atoms with E-state index in [-0.39, 0.29) is 24.7 Å². The third kappa shape index (κ3) is 5.40. The smallest absolute Gasteiger partial charge is 0.335 e. The topological polar surface area (TPSA) is 35.6 Å². The monoisotopic (exact) mass is 293 g/mol. The zero-order chi connectivity index (χ0) is 15.3. The molecule has 1 heterocycles. The van der Waals surface area contributed by atoms with Crippen LogP contribution in [0, 0.1) is 0 Å². The van der Waals surface area contributed by atoms with Gasteiger partial charge in [0.05, 0.1) is 6.54 Å². The number of hydrogen-bond donors (Lipinski definition) is 1. The zero-order valence-corrected chi connectivity index (χ0v) is 11.9. The first-order valence-corrected chi connectivity index (χ1v) is 6.70. The number of carbonyl (C=O) groups is 1. The molecule has 0 aromatic heterocycles. The molecule has 20 heavy (non-hydrogen) atoms. The van der Waals surface area contributed by atoms with Crippen molar-refractivity contribution in [2.24, 2.45) is 0 Å². The van der Waals surface area contributed by atoms with Crippen LogP contribution in [0.3, 0.4) is 0 Å². The summed E-state index contributed by atoms with van der Waals surface area (Å²) in [6, 6.07) is -0.549. The normalized spacial score (nSPS) is 22.4. The van der Waals surface area contributed by atoms with Gasteiger partial charge in [0.15, 0.2) is 0 Å². The number of halogens is 3. The molecular weight excluding hydrogens is 271 g/mol. The third-order valence-corrected chi connectivity index (χ3v) is 3.32. The molecule has 1 N–H and O–H groups in total. The average Bonchev–Trinajstić information content (AvgIpc) is 2.30. The highest BCUT2D eigenvalue weighted by Crippen LogP contribution is 2.20. The minimum atomic E-state index is -4.20. The van der Waals surface area contributed by atoms with Crippen molar-refractivity contribution in [3.63, 3.8) is 0 Å². The molecule has 0 unspecified atom stereocenters. The molecule has 2 amide bonds. The number of rotatable bonds is 4. The Morgan fingerprint density at radius 1 is 1.50 bits per heavy atom. The first-order chi connectivity index (χ1) is 9.23. The van der Waals surface area contributed by atoms with Crippen molar-refractivity contribution < 1.29 is 18.0 Å². The van der Waals surface area contributed by atoms with Crippen molar-refractivity contribution in [2.75, 3.05) is 26.2 Å². The van der Waals surface area contributed by atoms with Crippen LogP contribution in [-0.2, 0) is 0 Å². The molecule has 1 saturated heterocycles. The lowest BCUT2D eigenvalue weighted by atomic mass is 10.2. The third-order valence-electron chi connectivity index (χ3n) is 3.32. The molecule has 2 atom stereocenters. The second kappa shape index (κ2) is 6.97. The number of hydrogen-bond acceptors (Lipinski definition) is 2. The highest BCUT2D eigenvalue weighted by molar-refractivity contribution is 5.74. The van der Waals surface area contributed by atoms with E-state index in [0.717, 1.165) is 0 Å². The van der Waals surface area contributed by atoms with Gasteiger partial charge in [-0.1, -0.05) is 6.08 Å². The Balaban J connectivity index is 2.46. The number of carbonyl (C=O) groups excluding carboxylic acids is 1. The zero-order valence-electron chi connectivity index (χ0n) is 11.9. The number of urea groups is 1. The van der Waals surface area contributed by atoms with Gasteiger partial charge in [-0.25, -0.2) is 4.79 Å². The van der Waals surface area contributed by atoms with Crippen LogP contribution in [0.5, 0.6) is 0 Å². The van der Waals surface area contributed by atoms with E-state index in [1.54, 1.807) is 17.9 Å². The van der Waals surface area contributed by atoms with E-state index in [4.69, 9.17) is 0 Å². The quantitative estimate of drug-likeness (QED) is 0.807. The maximum absolute atomic E-state index is 12.4. The van der Waals surface area contributed by atoms with Crippen LogP contribution >= 0.6 is 0 Å².